The number of halogens is 1. The highest BCUT2D eigenvalue weighted by molar-refractivity contribution is 5.90. The third-order valence-electron chi connectivity index (χ3n) is 3.27. The highest BCUT2D eigenvalue weighted by atomic mass is 19.1. The molecule has 1 aromatic heterocycles. The fourth-order valence-corrected chi connectivity index (χ4v) is 2.34. The molecule has 0 aliphatic heterocycles. The lowest BCUT2D eigenvalue weighted by Gasteiger charge is -2.03. The Morgan fingerprint density at radius 2 is 1.95 bits per heavy atom. The Morgan fingerprint density at radius 1 is 1.15 bits per heavy atom. The van der Waals surface area contributed by atoms with E-state index in [4.69, 9.17) is 5.11 Å². The predicted molar refractivity (Wildman–Crippen MR) is 75.0 cm³/mol. The summed E-state index contributed by atoms with van der Waals surface area (Å²) < 4.78 is 13.2. The molecule has 100 valence electrons. The summed E-state index contributed by atoms with van der Waals surface area (Å²) in [7, 11) is 0. The molecule has 0 atom stereocenters. The second-order valence-corrected chi connectivity index (χ2v) is 4.66. The average Bonchev–Trinajstić information content (AvgIpc) is 2.80. The molecule has 3 rings (SSSR count). The van der Waals surface area contributed by atoms with Gasteiger partial charge in [-0.15, -0.1) is 0 Å². The van der Waals surface area contributed by atoms with Crippen molar-refractivity contribution in [1.82, 2.24) is 4.98 Å². The van der Waals surface area contributed by atoms with Crippen molar-refractivity contribution in [2.75, 3.05) is 0 Å². The van der Waals surface area contributed by atoms with Crippen LogP contribution < -0.4 is 0 Å². The molecule has 0 aliphatic carbocycles. The van der Waals surface area contributed by atoms with Gasteiger partial charge in [0.15, 0.2) is 0 Å². The van der Waals surface area contributed by atoms with Crippen molar-refractivity contribution in [2.24, 2.45) is 0 Å². The quantitative estimate of drug-likeness (QED) is 0.763. The lowest BCUT2D eigenvalue weighted by molar-refractivity contribution is -0.136. The highest BCUT2D eigenvalue weighted by Gasteiger charge is 2.08. The number of hydrogen-bond acceptors (Lipinski definition) is 1. The summed E-state index contributed by atoms with van der Waals surface area (Å²) in [6.07, 6.45) is 1.69. The Kier molecular flexibility index (Phi) is 2.99. The van der Waals surface area contributed by atoms with Crippen molar-refractivity contribution in [1.29, 1.82) is 0 Å². The van der Waals surface area contributed by atoms with Gasteiger partial charge in [-0.05, 0) is 34.9 Å². The molecule has 0 saturated carbocycles. The minimum Gasteiger partial charge on any atom is -0.481 e. The lowest BCUT2D eigenvalue weighted by atomic mass is 10.0. The first-order valence-corrected chi connectivity index (χ1v) is 6.21. The molecule has 0 fully saturated rings. The maximum absolute atomic E-state index is 13.2. The van der Waals surface area contributed by atoms with Crippen molar-refractivity contribution < 1.29 is 14.3 Å². The molecule has 0 radical (unpaired) electrons. The molecular weight excluding hydrogens is 257 g/mol. The van der Waals surface area contributed by atoms with Crippen LogP contribution in [-0.4, -0.2) is 16.1 Å². The second-order valence-electron chi connectivity index (χ2n) is 4.66. The fourth-order valence-electron chi connectivity index (χ4n) is 2.34. The van der Waals surface area contributed by atoms with E-state index in [2.05, 4.69) is 4.98 Å². The third-order valence-corrected chi connectivity index (χ3v) is 3.27. The number of fused-ring (bicyclic) bond motifs is 1. The van der Waals surface area contributed by atoms with Crippen molar-refractivity contribution >= 4 is 16.9 Å². The highest BCUT2D eigenvalue weighted by Crippen LogP contribution is 2.26. The summed E-state index contributed by atoms with van der Waals surface area (Å²) in [5.41, 5.74) is 3.28. The van der Waals surface area contributed by atoms with E-state index in [0.29, 0.717) is 0 Å². The van der Waals surface area contributed by atoms with Gasteiger partial charge in [0, 0.05) is 17.1 Å². The van der Waals surface area contributed by atoms with E-state index >= 15 is 0 Å². The number of hydrogen-bond donors (Lipinski definition) is 2. The van der Waals surface area contributed by atoms with Crippen LogP contribution in [0, 0.1) is 5.82 Å². The maximum atomic E-state index is 13.2. The Labute approximate surface area is 114 Å². The summed E-state index contributed by atoms with van der Waals surface area (Å²) in [5.74, 6) is -1.14. The van der Waals surface area contributed by atoms with Crippen molar-refractivity contribution in [3.05, 3.63) is 60.0 Å². The number of aromatic amines is 1. The zero-order chi connectivity index (χ0) is 14.1. The Morgan fingerprint density at radius 3 is 2.70 bits per heavy atom. The zero-order valence-electron chi connectivity index (χ0n) is 10.6. The Balaban J connectivity index is 2.06. The number of carbonyl (C=O) groups is 1. The lowest BCUT2D eigenvalue weighted by Crippen LogP contribution is -1.98. The molecule has 4 heteroatoms. The zero-order valence-corrected chi connectivity index (χ0v) is 10.6. The topological polar surface area (TPSA) is 53.1 Å². The van der Waals surface area contributed by atoms with E-state index in [1.54, 1.807) is 12.3 Å². The molecular formula is C16H12FNO2. The summed E-state index contributed by atoms with van der Waals surface area (Å²) >= 11 is 0. The van der Waals surface area contributed by atoms with Crippen molar-refractivity contribution in [3.63, 3.8) is 0 Å². The van der Waals surface area contributed by atoms with Gasteiger partial charge in [0.05, 0.1) is 6.42 Å². The second kappa shape index (κ2) is 4.81. The van der Waals surface area contributed by atoms with Crippen LogP contribution in [0.5, 0.6) is 0 Å². The van der Waals surface area contributed by atoms with Gasteiger partial charge in [-0.3, -0.25) is 4.79 Å². The van der Waals surface area contributed by atoms with Crippen LogP contribution in [0.15, 0.2) is 48.7 Å². The molecule has 0 amide bonds. The van der Waals surface area contributed by atoms with Crippen LogP contribution in [0.2, 0.25) is 0 Å². The molecule has 3 aromatic rings. The van der Waals surface area contributed by atoms with Crippen molar-refractivity contribution in [3.8, 4) is 11.1 Å². The molecule has 1 heterocycles. The van der Waals surface area contributed by atoms with Gasteiger partial charge in [0.1, 0.15) is 5.82 Å². The number of aliphatic carboxylic acids is 1. The smallest absolute Gasteiger partial charge is 0.307 e. The minimum atomic E-state index is -0.861. The number of aromatic nitrogens is 1. The van der Waals surface area contributed by atoms with Crippen LogP contribution in [0.3, 0.4) is 0 Å². The van der Waals surface area contributed by atoms with E-state index < -0.39 is 5.97 Å². The van der Waals surface area contributed by atoms with E-state index in [-0.39, 0.29) is 12.2 Å². The normalized spacial score (nSPS) is 10.8. The summed E-state index contributed by atoms with van der Waals surface area (Å²) in [5, 5.41) is 9.73. The molecule has 0 aliphatic rings. The van der Waals surface area contributed by atoms with Gasteiger partial charge in [-0.25, -0.2) is 4.39 Å². The van der Waals surface area contributed by atoms with Gasteiger partial charge in [0.2, 0.25) is 0 Å². The van der Waals surface area contributed by atoms with Crippen LogP contribution >= 0.6 is 0 Å². The monoisotopic (exact) mass is 269 g/mol. The van der Waals surface area contributed by atoms with E-state index in [0.717, 1.165) is 27.6 Å². The number of carboxylic acids is 1. The molecule has 0 saturated heterocycles. The molecule has 0 bridgehead atoms. The summed E-state index contributed by atoms with van der Waals surface area (Å²) in [6.45, 7) is 0. The number of carboxylic acid groups (broad SMARTS) is 1. The van der Waals surface area contributed by atoms with Gasteiger partial charge in [-0.2, -0.15) is 0 Å². The third kappa shape index (κ3) is 2.28. The van der Waals surface area contributed by atoms with E-state index in [1.807, 2.05) is 24.3 Å². The predicted octanol–water partition coefficient (Wildman–Crippen LogP) is 3.60. The Bertz CT molecular complexity index is 792. The fraction of sp³-hybridized carbons (Fsp3) is 0.0625. The van der Waals surface area contributed by atoms with Crippen LogP contribution in [-0.2, 0) is 11.2 Å². The van der Waals surface area contributed by atoms with Crippen LogP contribution in [0.4, 0.5) is 4.39 Å². The van der Waals surface area contributed by atoms with Crippen LogP contribution in [0.1, 0.15) is 5.56 Å². The summed E-state index contributed by atoms with van der Waals surface area (Å²) in [4.78, 5) is 13.8. The summed E-state index contributed by atoms with van der Waals surface area (Å²) in [6, 6.07) is 12.0. The number of H-pyrrole nitrogens is 1. The number of nitrogens with one attached hydrogen (secondary N) is 1. The maximum Gasteiger partial charge on any atom is 0.307 e. The SMILES string of the molecule is O=C(O)Cc1c[nH]c2cc(-c3cccc(F)c3)ccc12. The van der Waals surface area contributed by atoms with Crippen molar-refractivity contribution in [2.45, 2.75) is 6.42 Å². The minimum absolute atomic E-state index is 0.0146. The molecule has 0 unspecified atom stereocenters. The number of rotatable bonds is 3. The van der Waals surface area contributed by atoms with Gasteiger partial charge >= 0.3 is 5.97 Å². The molecule has 3 nitrogen and oxygen atoms in total. The average molecular weight is 269 g/mol. The standard InChI is InChI=1S/C16H12FNO2/c17-13-3-1-2-10(6-13)11-4-5-14-12(8-16(19)20)9-18-15(14)7-11/h1-7,9,18H,8H2,(H,19,20). The van der Waals surface area contributed by atoms with E-state index in [9.17, 15) is 9.18 Å². The first kappa shape index (κ1) is 12.4. The Hall–Kier alpha value is -2.62. The first-order valence-electron chi connectivity index (χ1n) is 6.21. The van der Waals surface area contributed by atoms with Gasteiger partial charge in [-0.1, -0.05) is 24.3 Å². The van der Waals surface area contributed by atoms with Gasteiger partial charge < -0.3 is 10.1 Å². The molecule has 20 heavy (non-hydrogen) atoms. The van der Waals surface area contributed by atoms with Gasteiger partial charge in [0.25, 0.3) is 0 Å². The van der Waals surface area contributed by atoms with E-state index in [1.165, 1.54) is 12.1 Å². The molecule has 0 spiro atoms. The van der Waals surface area contributed by atoms with Crippen LogP contribution in [0.25, 0.3) is 22.0 Å². The number of benzene rings is 2. The molecule has 2 aromatic carbocycles. The first-order chi connectivity index (χ1) is 9.63. The largest absolute Gasteiger partial charge is 0.481 e. The molecule has 2 N–H and O–H groups in total.